The van der Waals surface area contributed by atoms with Crippen molar-refractivity contribution >= 4 is 23.4 Å². The van der Waals surface area contributed by atoms with Crippen LogP contribution >= 0.6 is 11.6 Å². The van der Waals surface area contributed by atoms with Crippen molar-refractivity contribution in [2.75, 3.05) is 7.05 Å². The summed E-state index contributed by atoms with van der Waals surface area (Å²) < 4.78 is 0. The minimum absolute atomic E-state index is 0.0726. The van der Waals surface area contributed by atoms with E-state index in [1.165, 1.54) is 0 Å². The van der Waals surface area contributed by atoms with Gasteiger partial charge in [-0.2, -0.15) is 0 Å². The summed E-state index contributed by atoms with van der Waals surface area (Å²) in [5.74, 6) is -0.227. The van der Waals surface area contributed by atoms with E-state index in [1.54, 1.807) is 24.1 Å². The molecule has 2 rings (SSSR count). The van der Waals surface area contributed by atoms with Crippen LogP contribution in [0.3, 0.4) is 0 Å². The summed E-state index contributed by atoms with van der Waals surface area (Å²) in [5.41, 5.74) is 1.87. The van der Waals surface area contributed by atoms with Crippen LogP contribution in [-0.2, 0) is 22.6 Å². The van der Waals surface area contributed by atoms with Crippen LogP contribution in [0.4, 0.5) is 0 Å². The highest BCUT2D eigenvalue weighted by Crippen LogP contribution is 2.16. The lowest BCUT2D eigenvalue weighted by molar-refractivity contribution is -0.140. The highest BCUT2D eigenvalue weighted by molar-refractivity contribution is 6.30. The molecule has 1 atom stereocenters. The standard InChI is InChI=1S/C20H23ClN2O2/c1-3-18(20(25)22-2)23(14-16-9-11-17(21)12-10-16)19(24)13-15-7-5-4-6-8-15/h4-12,18H,3,13-14H2,1-2H3,(H,22,25)/t18-/m1/s1. The lowest BCUT2D eigenvalue weighted by Gasteiger charge is -2.30. The zero-order chi connectivity index (χ0) is 18.2. The van der Waals surface area contributed by atoms with Gasteiger partial charge in [0.25, 0.3) is 0 Å². The van der Waals surface area contributed by atoms with Crippen LogP contribution < -0.4 is 5.32 Å². The van der Waals surface area contributed by atoms with E-state index in [2.05, 4.69) is 5.32 Å². The third-order valence-corrected chi connectivity index (χ3v) is 4.35. The summed E-state index contributed by atoms with van der Waals surface area (Å²) >= 11 is 5.94. The zero-order valence-corrected chi connectivity index (χ0v) is 15.3. The van der Waals surface area contributed by atoms with E-state index < -0.39 is 6.04 Å². The van der Waals surface area contributed by atoms with Gasteiger partial charge in [0.2, 0.25) is 11.8 Å². The molecular formula is C20H23ClN2O2. The van der Waals surface area contributed by atoms with Crippen LogP contribution in [0.5, 0.6) is 0 Å². The molecule has 0 aromatic heterocycles. The van der Waals surface area contributed by atoms with Crippen molar-refractivity contribution in [3.05, 3.63) is 70.7 Å². The summed E-state index contributed by atoms with van der Waals surface area (Å²) in [4.78, 5) is 26.8. The molecule has 0 aliphatic rings. The number of carbonyl (C=O) groups excluding carboxylic acids is 2. The maximum absolute atomic E-state index is 12.9. The number of amides is 2. The van der Waals surface area contributed by atoms with Crippen molar-refractivity contribution in [1.82, 2.24) is 10.2 Å². The highest BCUT2D eigenvalue weighted by atomic mass is 35.5. The van der Waals surface area contributed by atoms with Gasteiger partial charge >= 0.3 is 0 Å². The fourth-order valence-corrected chi connectivity index (χ4v) is 2.87. The Hall–Kier alpha value is -2.33. The first-order valence-corrected chi connectivity index (χ1v) is 8.72. The van der Waals surface area contributed by atoms with Gasteiger partial charge in [0.1, 0.15) is 6.04 Å². The Morgan fingerprint density at radius 3 is 2.24 bits per heavy atom. The molecule has 25 heavy (non-hydrogen) atoms. The average Bonchev–Trinajstić information content (AvgIpc) is 2.63. The SMILES string of the molecule is CC[C@H](C(=O)NC)N(Cc1ccc(Cl)cc1)C(=O)Cc1ccccc1. The zero-order valence-electron chi connectivity index (χ0n) is 14.5. The number of hydrogen-bond donors (Lipinski definition) is 1. The predicted molar refractivity (Wildman–Crippen MR) is 100 cm³/mol. The summed E-state index contributed by atoms with van der Waals surface area (Å²) in [6.07, 6.45) is 0.815. The van der Waals surface area contributed by atoms with E-state index >= 15 is 0 Å². The second-order valence-corrected chi connectivity index (χ2v) is 6.29. The van der Waals surface area contributed by atoms with E-state index in [0.717, 1.165) is 11.1 Å². The smallest absolute Gasteiger partial charge is 0.242 e. The van der Waals surface area contributed by atoms with E-state index in [9.17, 15) is 9.59 Å². The van der Waals surface area contributed by atoms with Crippen LogP contribution in [0.25, 0.3) is 0 Å². The van der Waals surface area contributed by atoms with Crippen molar-refractivity contribution in [2.45, 2.75) is 32.4 Å². The fraction of sp³-hybridized carbons (Fsp3) is 0.300. The molecule has 0 saturated carbocycles. The van der Waals surface area contributed by atoms with Gasteiger partial charge in [0.15, 0.2) is 0 Å². The first kappa shape index (κ1) is 19.0. The maximum atomic E-state index is 12.9. The Morgan fingerprint density at radius 2 is 1.68 bits per heavy atom. The van der Waals surface area contributed by atoms with Crippen molar-refractivity contribution in [2.24, 2.45) is 0 Å². The van der Waals surface area contributed by atoms with E-state index in [4.69, 9.17) is 11.6 Å². The second kappa shape index (κ2) is 9.23. The molecule has 0 heterocycles. The minimum Gasteiger partial charge on any atom is -0.357 e. The number of nitrogens with zero attached hydrogens (tertiary/aromatic N) is 1. The number of nitrogens with one attached hydrogen (secondary N) is 1. The molecule has 0 saturated heterocycles. The van der Waals surface area contributed by atoms with E-state index in [-0.39, 0.29) is 18.2 Å². The number of rotatable bonds is 7. The molecule has 0 aliphatic carbocycles. The van der Waals surface area contributed by atoms with Crippen LogP contribution in [0.2, 0.25) is 5.02 Å². The van der Waals surface area contributed by atoms with Gasteiger partial charge in [-0.1, -0.05) is 61.0 Å². The molecule has 0 aliphatic heterocycles. The van der Waals surface area contributed by atoms with Gasteiger partial charge in [0.05, 0.1) is 6.42 Å². The normalized spacial score (nSPS) is 11.6. The van der Waals surface area contributed by atoms with E-state index in [0.29, 0.717) is 18.0 Å². The predicted octanol–water partition coefficient (Wildman–Crippen LogP) is 3.44. The largest absolute Gasteiger partial charge is 0.357 e. The number of likely N-dealkylation sites (N-methyl/N-ethyl adjacent to an activating group) is 1. The Morgan fingerprint density at radius 1 is 1.04 bits per heavy atom. The number of halogens is 1. The fourth-order valence-electron chi connectivity index (χ4n) is 2.74. The molecule has 5 heteroatoms. The Balaban J connectivity index is 2.25. The monoisotopic (exact) mass is 358 g/mol. The quantitative estimate of drug-likeness (QED) is 0.824. The molecular weight excluding hydrogens is 336 g/mol. The molecule has 132 valence electrons. The molecule has 4 nitrogen and oxygen atoms in total. The molecule has 2 aromatic carbocycles. The Labute approximate surface area is 153 Å². The number of benzene rings is 2. The van der Waals surface area contributed by atoms with Crippen molar-refractivity contribution in [3.8, 4) is 0 Å². The highest BCUT2D eigenvalue weighted by Gasteiger charge is 2.27. The van der Waals surface area contributed by atoms with Gasteiger partial charge < -0.3 is 10.2 Å². The first-order valence-electron chi connectivity index (χ1n) is 8.34. The summed E-state index contributed by atoms with van der Waals surface area (Å²) in [6.45, 7) is 2.28. The van der Waals surface area contributed by atoms with Crippen molar-refractivity contribution in [3.63, 3.8) is 0 Å². The molecule has 0 bridgehead atoms. The summed E-state index contributed by atoms with van der Waals surface area (Å²) in [5, 5.41) is 3.30. The Bertz CT molecular complexity index is 701. The number of carbonyl (C=O) groups is 2. The Kier molecular flexibility index (Phi) is 7.02. The van der Waals surface area contributed by atoms with Gasteiger partial charge in [-0.15, -0.1) is 0 Å². The first-order chi connectivity index (χ1) is 12.0. The van der Waals surface area contributed by atoms with Crippen LogP contribution in [-0.4, -0.2) is 29.8 Å². The van der Waals surface area contributed by atoms with Gasteiger partial charge in [0, 0.05) is 18.6 Å². The minimum atomic E-state index is -0.503. The lowest BCUT2D eigenvalue weighted by Crippen LogP contribution is -2.48. The van der Waals surface area contributed by atoms with Gasteiger partial charge in [-0.05, 0) is 29.7 Å². The molecule has 0 unspecified atom stereocenters. The van der Waals surface area contributed by atoms with Gasteiger partial charge in [-0.25, -0.2) is 0 Å². The second-order valence-electron chi connectivity index (χ2n) is 5.85. The van der Waals surface area contributed by atoms with Gasteiger partial charge in [-0.3, -0.25) is 9.59 Å². The van der Waals surface area contributed by atoms with Crippen molar-refractivity contribution in [1.29, 1.82) is 0 Å². The maximum Gasteiger partial charge on any atom is 0.242 e. The average molecular weight is 359 g/mol. The molecule has 0 fully saturated rings. The van der Waals surface area contributed by atoms with Crippen LogP contribution in [0, 0.1) is 0 Å². The third kappa shape index (κ3) is 5.33. The molecule has 2 amide bonds. The molecule has 0 spiro atoms. The molecule has 0 radical (unpaired) electrons. The lowest BCUT2D eigenvalue weighted by atomic mass is 10.1. The third-order valence-electron chi connectivity index (χ3n) is 4.10. The summed E-state index contributed by atoms with van der Waals surface area (Å²) in [7, 11) is 1.59. The van der Waals surface area contributed by atoms with Crippen molar-refractivity contribution < 1.29 is 9.59 Å². The summed E-state index contributed by atoms with van der Waals surface area (Å²) in [6, 6.07) is 16.4. The topological polar surface area (TPSA) is 49.4 Å². The van der Waals surface area contributed by atoms with Crippen LogP contribution in [0.15, 0.2) is 54.6 Å². The molecule has 1 N–H and O–H groups in total. The number of hydrogen-bond acceptors (Lipinski definition) is 2. The molecule has 2 aromatic rings. The van der Waals surface area contributed by atoms with E-state index in [1.807, 2.05) is 49.4 Å². The van der Waals surface area contributed by atoms with Crippen LogP contribution in [0.1, 0.15) is 24.5 Å².